The number of para-hydroxylation sites is 1. The third-order valence-electron chi connectivity index (χ3n) is 3.78. The fourth-order valence-electron chi connectivity index (χ4n) is 2.41. The van der Waals surface area contributed by atoms with E-state index in [9.17, 15) is 17.6 Å². The SMILES string of the molecule is CN(Cc1ccccc1)S(=O)(=O)NC(=O)c1ccc2cccc(F)c2n1. The molecule has 1 aromatic heterocycles. The molecule has 0 atom stereocenters. The van der Waals surface area contributed by atoms with E-state index in [1.54, 1.807) is 30.3 Å². The number of halogens is 1. The van der Waals surface area contributed by atoms with Gasteiger partial charge in [-0.2, -0.15) is 12.7 Å². The number of carbonyl (C=O) groups is 1. The summed E-state index contributed by atoms with van der Waals surface area (Å²) in [5.41, 5.74) is 0.605. The van der Waals surface area contributed by atoms with Crippen LogP contribution >= 0.6 is 0 Å². The van der Waals surface area contributed by atoms with Gasteiger partial charge in [-0.1, -0.05) is 48.5 Å². The number of carbonyl (C=O) groups excluding carboxylic acids is 1. The lowest BCUT2D eigenvalue weighted by molar-refractivity contribution is 0.0975. The van der Waals surface area contributed by atoms with Crippen molar-refractivity contribution in [1.29, 1.82) is 0 Å². The summed E-state index contributed by atoms with van der Waals surface area (Å²) in [6.45, 7) is 0.100. The molecule has 3 rings (SSSR count). The van der Waals surface area contributed by atoms with Gasteiger partial charge >= 0.3 is 10.2 Å². The third-order valence-corrected chi connectivity index (χ3v) is 5.18. The first-order chi connectivity index (χ1) is 12.4. The Bertz CT molecular complexity index is 1060. The normalized spacial score (nSPS) is 11.7. The standard InChI is InChI=1S/C18H16FN3O3S/c1-22(12-13-6-3-2-4-7-13)26(24,25)21-18(23)16-11-10-14-8-5-9-15(19)17(14)20-16/h2-11H,12H2,1H3,(H,21,23). The maximum Gasteiger partial charge on any atom is 0.304 e. The van der Waals surface area contributed by atoms with Gasteiger partial charge in [0.05, 0.1) is 0 Å². The first kappa shape index (κ1) is 18.0. The number of rotatable bonds is 5. The van der Waals surface area contributed by atoms with E-state index >= 15 is 0 Å². The second-order valence-electron chi connectivity index (χ2n) is 5.69. The van der Waals surface area contributed by atoms with Gasteiger partial charge in [-0.25, -0.2) is 14.1 Å². The van der Waals surface area contributed by atoms with E-state index < -0.39 is 21.9 Å². The van der Waals surface area contributed by atoms with E-state index in [1.165, 1.54) is 31.3 Å². The van der Waals surface area contributed by atoms with Crippen molar-refractivity contribution in [2.45, 2.75) is 6.54 Å². The number of pyridine rings is 1. The van der Waals surface area contributed by atoms with Gasteiger partial charge in [-0.05, 0) is 17.7 Å². The number of hydrogen-bond acceptors (Lipinski definition) is 4. The second-order valence-corrected chi connectivity index (χ2v) is 7.46. The van der Waals surface area contributed by atoms with E-state index in [2.05, 4.69) is 4.98 Å². The fraction of sp³-hybridized carbons (Fsp3) is 0.111. The van der Waals surface area contributed by atoms with Crippen molar-refractivity contribution in [2.24, 2.45) is 0 Å². The van der Waals surface area contributed by atoms with Crippen molar-refractivity contribution >= 4 is 27.0 Å². The molecule has 3 aromatic rings. The zero-order chi connectivity index (χ0) is 18.7. The van der Waals surface area contributed by atoms with Crippen LogP contribution in [0.4, 0.5) is 4.39 Å². The zero-order valence-corrected chi connectivity index (χ0v) is 14.7. The number of aromatic nitrogens is 1. The Morgan fingerprint density at radius 2 is 1.81 bits per heavy atom. The fourth-order valence-corrected chi connectivity index (χ4v) is 3.22. The lowest BCUT2D eigenvalue weighted by Crippen LogP contribution is -2.41. The van der Waals surface area contributed by atoms with Gasteiger partial charge in [0.15, 0.2) is 0 Å². The van der Waals surface area contributed by atoms with Crippen LogP contribution in [0.3, 0.4) is 0 Å². The van der Waals surface area contributed by atoms with Crippen molar-refractivity contribution in [3.8, 4) is 0 Å². The molecular weight excluding hydrogens is 357 g/mol. The van der Waals surface area contributed by atoms with Gasteiger partial charge in [-0.3, -0.25) is 4.79 Å². The van der Waals surface area contributed by atoms with Crippen LogP contribution in [0, 0.1) is 5.82 Å². The van der Waals surface area contributed by atoms with Crippen LogP contribution in [-0.4, -0.2) is 30.7 Å². The summed E-state index contributed by atoms with van der Waals surface area (Å²) in [5.74, 6) is -1.50. The molecule has 0 radical (unpaired) electrons. The zero-order valence-electron chi connectivity index (χ0n) is 13.9. The molecule has 0 fully saturated rings. The molecule has 134 valence electrons. The largest absolute Gasteiger partial charge is 0.304 e. The number of amides is 1. The van der Waals surface area contributed by atoms with Gasteiger partial charge in [0.1, 0.15) is 17.0 Å². The molecule has 0 saturated carbocycles. The Balaban J connectivity index is 1.79. The molecule has 0 aliphatic heterocycles. The van der Waals surface area contributed by atoms with Crippen LogP contribution in [0.15, 0.2) is 60.7 Å². The summed E-state index contributed by atoms with van der Waals surface area (Å²) in [6.07, 6.45) is 0. The lowest BCUT2D eigenvalue weighted by Gasteiger charge is -2.17. The molecule has 1 heterocycles. The molecule has 2 aromatic carbocycles. The molecule has 1 amide bonds. The lowest BCUT2D eigenvalue weighted by atomic mass is 10.2. The summed E-state index contributed by atoms with van der Waals surface area (Å²) >= 11 is 0. The predicted molar refractivity (Wildman–Crippen MR) is 96.0 cm³/mol. The molecule has 8 heteroatoms. The summed E-state index contributed by atoms with van der Waals surface area (Å²) in [4.78, 5) is 16.2. The Hall–Kier alpha value is -2.84. The quantitative estimate of drug-likeness (QED) is 0.745. The van der Waals surface area contributed by atoms with Crippen molar-refractivity contribution in [3.05, 3.63) is 77.7 Å². The number of benzene rings is 2. The van der Waals surface area contributed by atoms with Gasteiger partial charge in [0, 0.05) is 19.0 Å². The predicted octanol–water partition coefficient (Wildman–Crippen LogP) is 2.48. The smallest absolute Gasteiger partial charge is 0.266 e. The molecule has 0 saturated heterocycles. The van der Waals surface area contributed by atoms with E-state index in [0.717, 1.165) is 9.87 Å². The van der Waals surface area contributed by atoms with Gasteiger partial charge in [0.2, 0.25) is 0 Å². The van der Waals surface area contributed by atoms with Gasteiger partial charge in [0.25, 0.3) is 5.91 Å². The van der Waals surface area contributed by atoms with Crippen molar-refractivity contribution in [2.75, 3.05) is 7.05 Å². The molecule has 1 N–H and O–H groups in total. The monoisotopic (exact) mass is 373 g/mol. The first-order valence-electron chi connectivity index (χ1n) is 7.74. The summed E-state index contributed by atoms with van der Waals surface area (Å²) in [5, 5.41) is 0.519. The van der Waals surface area contributed by atoms with Crippen LogP contribution in [-0.2, 0) is 16.8 Å². The molecule has 0 aliphatic carbocycles. The van der Waals surface area contributed by atoms with Crippen LogP contribution in [0.2, 0.25) is 0 Å². The Morgan fingerprint density at radius 1 is 1.08 bits per heavy atom. The molecule has 26 heavy (non-hydrogen) atoms. The summed E-state index contributed by atoms with van der Waals surface area (Å²) in [6, 6.07) is 16.2. The molecular formula is C18H16FN3O3S. The Morgan fingerprint density at radius 3 is 2.54 bits per heavy atom. The van der Waals surface area contributed by atoms with E-state index in [0.29, 0.717) is 5.39 Å². The van der Waals surface area contributed by atoms with Gasteiger partial charge < -0.3 is 0 Å². The first-order valence-corrected chi connectivity index (χ1v) is 9.18. The van der Waals surface area contributed by atoms with Crippen molar-refractivity contribution in [1.82, 2.24) is 14.0 Å². The number of nitrogens with zero attached hydrogens (tertiary/aromatic N) is 2. The molecule has 0 aliphatic rings. The maximum atomic E-state index is 13.8. The molecule has 0 bridgehead atoms. The van der Waals surface area contributed by atoms with E-state index in [4.69, 9.17) is 0 Å². The van der Waals surface area contributed by atoms with E-state index in [-0.39, 0.29) is 17.8 Å². The molecule has 6 nitrogen and oxygen atoms in total. The number of hydrogen-bond donors (Lipinski definition) is 1. The number of nitrogens with one attached hydrogen (secondary N) is 1. The van der Waals surface area contributed by atoms with E-state index in [1.807, 2.05) is 10.8 Å². The van der Waals surface area contributed by atoms with Crippen LogP contribution in [0.25, 0.3) is 10.9 Å². The van der Waals surface area contributed by atoms with Gasteiger partial charge in [-0.15, -0.1) is 0 Å². The topological polar surface area (TPSA) is 79.4 Å². The molecule has 0 spiro atoms. The highest BCUT2D eigenvalue weighted by atomic mass is 32.2. The van der Waals surface area contributed by atoms with Crippen LogP contribution < -0.4 is 4.72 Å². The second kappa shape index (κ2) is 7.19. The molecule has 0 unspecified atom stereocenters. The van der Waals surface area contributed by atoms with Crippen LogP contribution in [0.1, 0.15) is 16.1 Å². The minimum absolute atomic E-state index is 0.00943. The Labute approximate surface area is 150 Å². The van der Waals surface area contributed by atoms with Crippen molar-refractivity contribution in [3.63, 3.8) is 0 Å². The van der Waals surface area contributed by atoms with Crippen molar-refractivity contribution < 1.29 is 17.6 Å². The third kappa shape index (κ3) is 3.87. The Kier molecular flexibility index (Phi) is 4.97. The minimum Gasteiger partial charge on any atom is -0.266 e. The number of fused-ring (bicyclic) bond motifs is 1. The average Bonchev–Trinajstić information content (AvgIpc) is 2.62. The van der Waals surface area contributed by atoms with Crippen LogP contribution in [0.5, 0.6) is 0 Å². The maximum absolute atomic E-state index is 13.8. The minimum atomic E-state index is -4.07. The highest BCUT2D eigenvalue weighted by Crippen LogP contribution is 2.16. The summed E-state index contributed by atoms with van der Waals surface area (Å²) in [7, 11) is -2.71. The average molecular weight is 373 g/mol. The highest BCUT2D eigenvalue weighted by molar-refractivity contribution is 7.87. The highest BCUT2D eigenvalue weighted by Gasteiger charge is 2.22. The summed E-state index contributed by atoms with van der Waals surface area (Å²) < 4.78 is 41.5.